The molecule has 3 heteroatoms. The van der Waals surface area contributed by atoms with Crippen molar-refractivity contribution in [2.24, 2.45) is 5.73 Å². The molecule has 1 aliphatic rings. The van der Waals surface area contributed by atoms with E-state index in [9.17, 15) is 0 Å². The van der Waals surface area contributed by atoms with Crippen molar-refractivity contribution in [2.75, 3.05) is 26.7 Å². The summed E-state index contributed by atoms with van der Waals surface area (Å²) in [5.74, 6) is 0. The molecule has 0 aromatic carbocycles. The summed E-state index contributed by atoms with van der Waals surface area (Å²) in [6.07, 6.45) is 7.49. The Morgan fingerprint density at radius 2 is 2.12 bits per heavy atom. The average molecular weight is 242 g/mol. The highest BCUT2D eigenvalue weighted by Crippen LogP contribution is 2.31. The molecule has 0 saturated carbocycles. The highest BCUT2D eigenvalue weighted by Gasteiger charge is 2.38. The molecule has 3 nitrogen and oxygen atoms in total. The van der Waals surface area contributed by atoms with Gasteiger partial charge in [-0.05, 0) is 39.3 Å². The van der Waals surface area contributed by atoms with Crippen LogP contribution in [0, 0.1) is 0 Å². The van der Waals surface area contributed by atoms with E-state index in [0.29, 0.717) is 6.10 Å². The van der Waals surface area contributed by atoms with E-state index in [1.54, 1.807) is 0 Å². The van der Waals surface area contributed by atoms with Gasteiger partial charge in [-0.3, -0.25) is 4.90 Å². The maximum absolute atomic E-state index is 6.07. The van der Waals surface area contributed by atoms with Gasteiger partial charge < -0.3 is 10.5 Å². The van der Waals surface area contributed by atoms with Crippen LogP contribution in [0.5, 0.6) is 0 Å². The van der Waals surface area contributed by atoms with Crippen LogP contribution in [0.25, 0.3) is 0 Å². The molecule has 2 atom stereocenters. The first-order valence-corrected chi connectivity index (χ1v) is 7.21. The molecule has 0 aromatic rings. The Kier molecular flexibility index (Phi) is 6.45. The number of nitrogens with zero attached hydrogens (tertiary/aromatic N) is 1. The van der Waals surface area contributed by atoms with E-state index < -0.39 is 0 Å². The Bertz CT molecular complexity index is 208. The van der Waals surface area contributed by atoms with Crippen LogP contribution in [0.3, 0.4) is 0 Å². The number of unbranched alkanes of at least 4 members (excludes halogenated alkanes) is 1. The molecule has 17 heavy (non-hydrogen) atoms. The summed E-state index contributed by atoms with van der Waals surface area (Å²) in [6.45, 7) is 7.26. The molecule has 1 aliphatic heterocycles. The van der Waals surface area contributed by atoms with Crippen molar-refractivity contribution in [3.05, 3.63) is 0 Å². The van der Waals surface area contributed by atoms with Gasteiger partial charge in [0.2, 0.25) is 0 Å². The SMILES string of the molecule is CCCCN(C)C1(CN)CCOC(CCC)C1. The van der Waals surface area contributed by atoms with E-state index in [0.717, 1.165) is 32.5 Å². The maximum atomic E-state index is 6.07. The lowest BCUT2D eigenvalue weighted by molar-refractivity contribution is -0.0670. The van der Waals surface area contributed by atoms with Gasteiger partial charge in [-0.1, -0.05) is 26.7 Å². The van der Waals surface area contributed by atoms with Crippen LogP contribution in [0.15, 0.2) is 0 Å². The Morgan fingerprint density at radius 1 is 1.35 bits per heavy atom. The van der Waals surface area contributed by atoms with Gasteiger partial charge in [0.05, 0.1) is 6.10 Å². The molecular weight excluding hydrogens is 212 g/mol. The maximum Gasteiger partial charge on any atom is 0.0593 e. The second-order valence-corrected chi connectivity index (χ2v) is 5.44. The van der Waals surface area contributed by atoms with E-state index in [-0.39, 0.29) is 5.54 Å². The molecule has 0 bridgehead atoms. The second-order valence-electron chi connectivity index (χ2n) is 5.44. The molecule has 0 aromatic heterocycles. The zero-order chi connectivity index (χ0) is 12.7. The van der Waals surface area contributed by atoms with Crippen molar-refractivity contribution in [2.45, 2.75) is 64.0 Å². The number of hydrogen-bond acceptors (Lipinski definition) is 3. The first-order chi connectivity index (χ1) is 8.18. The lowest BCUT2D eigenvalue weighted by Gasteiger charge is -2.46. The van der Waals surface area contributed by atoms with Gasteiger partial charge in [0, 0.05) is 18.7 Å². The molecule has 102 valence electrons. The lowest BCUT2D eigenvalue weighted by Crippen LogP contribution is -2.57. The molecule has 0 aliphatic carbocycles. The molecule has 2 N–H and O–H groups in total. The fraction of sp³-hybridized carbons (Fsp3) is 1.00. The summed E-state index contributed by atoms with van der Waals surface area (Å²) < 4.78 is 5.85. The third-order valence-electron chi connectivity index (χ3n) is 4.18. The molecule has 0 amide bonds. The normalized spacial score (nSPS) is 29.8. The Hall–Kier alpha value is -0.120. The molecule has 0 spiro atoms. The molecule has 0 radical (unpaired) electrons. The molecule has 2 unspecified atom stereocenters. The quantitative estimate of drug-likeness (QED) is 0.745. The zero-order valence-electron chi connectivity index (χ0n) is 11.9. The zero-order valence-corrected chi connectivity index (χ0v) is 11.9. The van der Waals surface area contributed by atoms with Crippen molar-refractivity contribution < 1.29 is 4.74 Å². The lowest BCUT2D eigenvalue weighted by atomic mass is 9.83. The molecule has 1 saturated heterocycles. The predicted octanol–water partition coefficient (Wildman–Crippen LogP) is 2.39. The molecule has 1 rings (SSSR count). The van der Waals surface area contributed by atoms with E-state index in [2.05, 4.69) is 25.8 Å². The third-order valence-corrected chi connectivity index (χ3v) is 4.18. The minimum absolute atomic E-state index is 0.188. The van der Waals surface area contributed by atoms with Crippen molar-refractivity contribution in [1.29, 1.82) is 0 Å². The van der Waals surface area contributed by atoms with Crippen molar-refractivity contribution in [3.8, 4) is 0 Å². The highest BCUT2D eigenvalue weighted by atomic mass is 16.5. The first kappa shape index (κ1) is 14.9. The number of ether oxygens (including phenoxy) is 1. The molecule has 1 heterocycles. The van der Waals surface area contributed by atoms with Crippen LogP contribution in [0.2, 0.25) is 0 Å². The fourth-order valence-electron chi connectivity index (χ4n) is 2.83. The van der Waals surface area contributed by atoms with Crippen molar-refractivity contribution in [1.82, 2.24) is 4.90 Å². The third kappa shape index (κ3) is 3.94. The summed E-state index contributed by atoms with van der Waals surface area (Å²) in [5.41, 5.74) is 6.26. The van der Waals surface area contributed by atoms with E-state index in [1.807, 2.05) is 0 Å². The average Bonchev–Trinajstić information content (AvgIpc) is 2.36. The minimum Gasteiger partial charge on any atom is -0.378 e. The Balaban J connectivity index is 2.59. The van der Waals surface area contributed by atoms with Crippen LogP contribution in [0.4, 0.5) is 0 Å². The largest absolute Gasteiger partial charge is 0.378 e. The van der Waals surface area contributed by atoms with E-state index in [4.69, 9.17) is 10.5 Å². The van der Waals surface area contributed by atoms with Gasteiger partial charge in [0.25, 0.3) is 0 Å². The summed E-state index contributed by atoms with van der Waals surface area (Å²) in [6, 6.07) is 0. The van der Waals surface area contributed by atoms with Crippen LogP contribution in [-0.2, 0) is 4.74 Å². The first-order valence-electron chi connectivity index (χ1n) is 7.21. The monoisotopic (exact) mass is 242 g/mol. The molecule has 1 fully saturated rings. The summed E-state index contributed by atoms with van der Waals surface area (Å²) >= 11 is 0. The van der Waals surface area contributed by atoms with Gasteiger partial charge in [-0.25, -0.2) is 0 Å². The van der Waals surface area contributed by atoms with E-state index >= 15 is 0 Å². The smallest absolute Gasteiger partial charge is 0.0593 e. The van der Waals surface area contributed by atoms with Gasteiger partial charge in [-0.2, -0.15) is 0 Å². The predicted molar refractivity (Wildman–Crippen MR) is 73.2 cm³/mol. The van der Waals surface area contributed by atoms with Gasteiger partial charge >= 0.3 is 0 Å². The van der Waals surface area contributed by atoms with Crippen LogP contribution in [-0.4, -0.2) is 43.3 Å². The van der Waals surface area contributed by atoms with E-state index in [1.165, 1.54) is 25.7 Å². The van der Waals surface area contributed by atoms with Gasteiger partial charge in [0.15, 0.2) is 0 Å². The van der Waals surface area contributed by atoms with Crippen LogP contribution < -0.4 is 5.73 Å². The standard InChI is InChI=1S/C14H30N2O/c1-4-6-9-16(3)14(12-15)8-10-17-13(11-14)7-5-2/h13H,4-12,15H2,1-3H3. The topological polar surface area (TPSA) is 38.5 Å². The summed E-state index contributed by atoms with van der Waals surface area (Å²) in [4.78, 5) is 2.49. The summed E-state index contributed by atoms with van der Waals surface area (Å²) in [7, 11) is 2.23. The van der Waals surface area contributed by atoms with Crippen LogP contribution >= 0.6 is 0 Å². The highest BCUT2D eigenvalue weighted by molar-refractivity contribution is 4.95. The molecular formula is C14H30N2O. The summed E-state index contributed by atoms with van der Waals surface area (Å²) in [5, 5.41) is 0. The number of likely N-dealkylation sites (N-methyl/N-ethyl adjacent to an activating group) is 1. The van der Waals surface area contributed by atoms with Crippen LogP contribution in [0.1, 0.15) is 52.4 Å². The number of nitrogens with two attached hydrogens (primary N) is 1. The fourth-order valence-corrected chi connectivity index (χ4v) is 2.83. The second kappa shape index (κ2) is 7.34. The number of hydrogen-bond donors (Lipinski definition) is 1. The van der Waals surface area contributed by atoms with Crippen molar-refractivity contribution in [3.63, 3.8) is 0 Å². The van der Waals surface area contributed by atoms with Crippen molar-refractivity contribution >= 4 is 0 Å². The Labute approximate surface area is 107 Å². The number of rotatable bonds is 7. The minimum atomic E-state index is 0.188. The van der Waals surface area contributed by atoms with Gasteiger partial charge in [-0.15, -0.1) is 0 Å². The Morgan fingerprint density at radius 3 is 2.71 bits per heavy atom. The van der Waals surface area contributed by atoms with Gasteiger partial charge in [0.1, 0.15) is 0 Å².